The Morgan fingerprint density at radius 3 is 2.21 bits per heavy atom. The van der Waals surface area contributed by atoms with Crippen LogP contribution in [-0.2, 0) is 0 Å². The van der Waals surface area contributed by atoms with Crippen molar-refractivity contribution < 1.29 is 28.6 Å². The summed E-state index contributed by atoms with van der Waals surface area (Å²) in [6.45, 7) is 0. The molecule has 0 saturated heterocycles. The minimum atomic E-state index is -1.86. The zero-order chi connectivity index (χ0) is 18.2. The van der Waals surface area contributed by atoms with Crippen LogP contribution in [0, 0.1) is 23.0 Å². The summed E-state index contributed by atoms with van der Waals surface area (Å²) >= 11 is 0. The average Bonchev–Trinajstić information content (AvgIpc) is 2.48. The van der Waals surface area contributed by atoms with Gasteiger partial charge < -0.3 is 20.9 Å². The van der Waals surface area contributed by atoms with Crippen molar-refractivity contribution in [1.29, 1.82) is 5.26 Å². The maximum absolute atomic E-state index is 14.2. The second-order valence-electron chi connectivity index (χ2n) is 4.50. The minimum absolute atomic E-state index is 0.678. The molecule has 0 saturated carbocycles. The van der Waals surface area contributed by atoms with Gasteiger partial charge in [0.05, 0.1) is 5.56 Å². The molecule has 1 aromatic carbocycles. The molecule has 2 rings (SSSR count). The highest BCUT2D eigenvalue weighted by molar-refractivity contribution is 6.07. The highest BCUT2D eigenvalue weighted by Gasteiger charge is 2.29. The lowest BCUT2D eigenvalue weighted by atomic mass is 9.94. The third-order valence-corrected chi connectivity index (χ3v) is 3.14. The maximum Gasteiger partial charge on any atom is 0.342 e. The van der Waals surface area contributed by atoms with E-state index in [9.17, 15) is 28.3 Å². The minimum Gasteiger partial charge on any atom is -0.478 e. The van der Waals surface area contributed by atoms with Gasteiger partial charge in [-0.05, 0) is 12.1 Å². The van der Waals surface area contributed by atoms with Crippen molar-refractivity contribution in [2.45, 2.75) is 0 Å². The quantitative estimate of drug-likeness (QED) is 0.655. The zero-order valence-electron chi connectivity index (χ0n) is 11.6. The number of hydrogen-bond donors (Lipinski definition) is 4. The Hall–Kier alpha value is -3.74. The van der Waals surface area contributed by atoms with Crippen LogP contribution in [0.15, 0.2) is 16.9 Å². The van der Waals surface area contributed by atoms with Crippen molar-refractivity contribution in [3.63, 3.8) is 0 Å². The van der Waals surface area contributed by atoms with E-state index < -0.39 is 62.8 Å². The standard InChI is InChI=1S/C14H7F2N3O5/c15-9-4(3-17)1-2-5(10(9)16)6-7(13(21)22)11(18)19-12(20)8(6)14(23)24/h1-2H,(H,21,22)(H,23,24)(H3,18,19,20). The van der Waals surface area contributed by atoms with Crippen molar-refractivity contribution in [3.05, 3.63) is 50.8 Å². The first-order valence-corrected chi connectivity index (χ1v) is 6.11. The maximum atomic E-state index is 14.2. The van der Waals surface area contributed by atoms with Gasteiger partial charge in [0.15, 0.2) is 11.6 Å². The molecular weight excluding hydrogens is 328 g/mol. The molecule has 2 aromatic rings. The SMILES string of the molecule is N#Cc1ccc(-c2c(C(=O)O)c(N)[nH]c(=O)c2C(=O)O)c(F)c1F. The van der Waals surface area contributed by atoms with Crippen molar-refractivity contribution in [2.75, 3.05) is 5.73 Å². The molecule has 122 valence electrons. The number of H-pyrrole nitrogens is 1. The second kappa shape index (κ2) is 5.81. The summed E-state index contributed by atoms with van der Waals surface area (Å²) in [4.78, 5) is 36.3. The number of pyridine rings is 1. The molecule has 1 aromatic heterocycles. The molecule has 8 nitrogen and oxygen atoms in total. The first-order valence-electron chi connectivity index (χ1n) is 6.11. The van der Waals surface area contributed by atoms with Gasteiger partial charge in [0, 0.05) is 11.1 Å². The van der Waals surface area contributed by atoms with Crippen LogP contribution in [0.5, 0.6) is 0 Å². The van der Waals surface area contributed by atoms with Gasteiger partial charge in [-0.2, -0.15) is 5.26 Å². The smallest absolute Gasteiger partial charge is 0.342 e. The zero-order valence-corrected chi connectivity index (χ0v) is 11.6. The first kappa shape index (κ1) is 16.6. The van der Waals surface area contributed by atoms with Crippen molar-refractivity contribution in [1.82, 2.24) is 4.98 Å². The molecule has 1 heterocycles. The predicted molar refractivity (Wildman–Crippen MR) is 75.5 cm³/mol. The van der Waals surface area contributed by atoms with E-state index in [0.717, 1.165) is 12.1 Å². The Labute approximate surface area is 131 Å². The summed E-state index contributed by atoms with van der Waals surface area (Å²) in [5.41, 5.74) is -0.330. The summed E-state index contributed by atoms with van der Waals surface area (Å²) in [7, 11) is 0. The number of rotatable bonds is 3. The van der Waals surface area contributed by atoms with Gasteiger partial charge in [-0.25, -0.2) is 18.4 Å². The summed E-state index contributed by atoms with van der Waals surface area (Å²) < 4.78 is 28.0. The Morgan fingerprint density at radius 1 is 1.12 bits per heavy atom. The third-order valence-electron chi connectivity index (χ3n) is 3.14. The van der Waals surface area contributed by atoms with E-state index >= 15 is 0 Å². The van der Waals surface area contributed by atoms with E-state index in [1.165, 1.54) is 6.07 Å². The van der Waals surface area contributed by atoms with Crippen LogP contribution in [0.3, 0.4) is 0 Å². The normalized spacial score (nSPS) is 10.2. The van der Waals surface area contributed by atoms with Crippen LogP contribution in [0.2, 0.25) is 0 Å². The molecular formula is C14H7F2N3O5. The molecule has 5 N–H and O–H groups in total. The number of anilines is 1. The highest BCUT2D eigenvalue weighted by atomic mass is 19.2. The molecule has 0 spiro atoms. The molecule has 0 amide bonds. The lowest BCUT2D eigenvalue weighted by Gasteiger charge is -2.13. The lowest BCUT2D eigenvalue weighted by molar-refractivity contribution is 0.0695. The van der Waals surface area contributed by atoms with Crippen LogP contribution in [0.4, 0.5) is 14.6 Å². The molecule has 0 aliphatic heterocycles. The number of nitrogen functional groups attached to an aromatic ring is 1. The van der Waals surface area contributed by atoms with E-state index in [1.54, 1.807) is 0 Å². The highest BCUT2D eigenvalue weighted by Crippen LogP contribution is 2.32. The number of nitrogens with zero attached hydrogens (tertiary/aromatic N) is 1. The monoisotopic (exact) mass is 335 g/mol. The van der Waals surface area contributed by atoms with Crippen LogP contribution < -0.4 is 11.3 Å². The van der Waals surface area contributed by atoms with Crippen LogP contribution >= 0.6 is 0 Å². The number of halogens is 2. The number of carboxylic acids is 2. The fourth-order valence-corrected chi connectivity index (χ4v) is 2.14. The molecule has 10 heteroatoms. The van der Waals surface area contributed by atoms with Gasteiger partial charge in [0.25, 0.3) is 5.56 Å². The average molecular weight is 335 g/mol. The fourth-order valence-electron chi connectivity index (χ4n) is 2.14. The molecule has 0 unspecified atom stereocenters. The van der Waals surface area contributed by atoms with Gasteiger partial charge in [-0.3, -0.25) is 4.79 Å². The van der Waals surface area contributed by atoms with Gasteiger partial charge >= 0.3 is 11.9 Å². The van der Waals surface area contributed by atoms with Crippen LogP contribution in [0.1, 0.15) is 26.3 Å². The largest absolute Gasteiger partial charge is 0.478 e. The second-order valence-corrected chi connectivity index (χ2v) is 4.50. The topological polar surface area (TPSA) is 157 Å². The summed E-state index contributed by atoms with van der Waals surface area (Å²) in [5.74, 6) is -7.63. The van der Waals surface area contributed by atoms with E-state index in [0.29, 0.717) is 0 Å². The number of carbonyl (C=O) groups is 2. The van der Waals surface area contributed by atoms with E-state index in [2.05, 4.69) is 0 Å². The van der Waals surface area contributed by atoms with Gasteiger partial charge in [-0.1, -0.05) is 0 Å². The molecule has 0 fully saturated rings. The Bertz CT molecular complexity index is 991. The van der Waals surface area contributed by atoms with E-state index in [-0.39, 0.29) is 0 Å². The number of aromatic nitrogens is 1. The van der Waals surface area contributed by atoms with E-state index in [4.69, 9.17) is 16.1 Å². The number of aromatic carboxylic acids is 2. The number of benzene rings is 1. The number of aromatic amines is 1. The lowest BCUT2D eigenvalue weighted by Crippen LogP contribution is -2.24. The first-order chi connectivity index (χ1) is 11.2. The van der Waals surface area contributed by atoms with Crippen molar-refractivity contribution >= 4 is 17.8 Å². The number of nitrogens with two attached hydrogens (primary N) is 1. The van der Waals surface area contributed by atoms with E-state index in [1.807, 2.05) is 4.98 Å². The van der Waals surface area contributed by atoms with Crippen LogP contribution in [0.25, 0.3) is 11.1 Å². The van der Waals surface area contributed by atoms with Gasteiger partial charge in [0.2, 0.25) is 0 Å². The van der Waals surface area contributed by atoms with Gasteiger partial charge in [-0.15, -0.1) is 0 Å². The number of nitrogens with one attached hydrogen (secondary N) is 1. The third kappa shape index (κ3) is 2.44. The number of carboxylic acid groups (broad SMARTS) is 2. The van der Waals surface area contributed by atoms with Crippen molar-refractivity contribution in [2.24, 2.45) is 0 Å². The number of hydrogen-bond acceptors (Lipinski definition) is 5. The Kier molecular flexibility index (Phi) is 4.02. The van der Waals surface area contributed by atoms with Crippen molar-refractivity contribution in [3.8, 4) is 17.2 Å². The molecule has 0 aliphatic carbocycles. The summed E-state index contributed by atoms with van der Waals surface area (Å²) in [6.07, 6.45) is 0. The predicted octanol–water partition coefficient (Wildman–Crippen LogP) is 1.17. The summed E-state index contributed by atoms with van der Waals surface area (Å²) in [6, 6.07) is 2.99. The van der Waals surface area contributed by atoms with Crippen LogP contribution in [-0.4, -0.2) is 27.1 Å². The molecule has 0 atom stereocenters. The molecule has 0 bridgehead atoms. The summed E-state index contributed by atoms with van der Waals surface area (Å²) in [5, 5.41) is 27.0. The number of nitriles is 1. The Morgan fingerprint density at radius 2 is 1.71 bits per heavy atom. The fraction of sp³-hybridized carbons (Fsp3) is 0. The molecule has 0 radical (unpaired) electrons. The molecule has 24 heavy (non-hydrogen) atoms. The molecule has 0 aliphatic rings. The Balaban J connectivity index is 3.06. The van der Waals surface area contributed by atoms with Gasteiger partial charge in [0.1, 0.15) is 23.0 Å².